The maximum Gasteiger partial charge on any atom is 0.168 e. The van der Waals surface area contributed by atoms with E-state index in [1.165, 1.54) is 6.92 Å². The molecule has 2 unspecified atom stereocenters. The van der Waals surface area contributed by atoms with Crippen LogP contribution in [0.5, 0.6) is 5.75 Å². The molecule has 0 aromatic heterocycles. The molecule has 0 amide bonds. The van der Waals surface area contributed by atoms with Crippen molar-refractivity contribution < 1.29 is 19.0 Å². The third-order valence-electron chi connectivity index (χ3n) is 1.90. The number of aromatic hydroxyl groups is 1. The van der Waals surface area contributed by atoms with Crippen molar-refractivity contribution in [2.24, 2.45) is 5.73 Å². The molecule has 14 heavy (non-hydrogen) atoms. The first kappa shape index (κ1) is 10.9. The summed E-state index contributed by atoms with van der Waals surface area (Å²) in [4.78, 5) is 0. The predicted molar refractivity (Wildman–Crippen MR) is 46.6 cm³/mol. The second kappa shape index (κ2) is 3.89. The molecule has 1 aromatic rings. The molecule has 0 aliphatic carbocycles. The minimum atomic E-state index is -1.43. The molecule has 1 aromatic carbocycles. The lowest BCUT2D eigenvalue weighted by molar-refractivity contribution is 0.144. The van der Waals surface area contributed by atoms with Crippen molar-refractivity contribution in [1.82, 2.24) is 0 Å². The lowest BCUT2D eigenvalue weighted by Crippen LogP contribution is -2.25. The Kier molecular flexibility index (Phi) is 3.03. The van der Waals surface area contributed by atoms with Crippen LogP contribution in [0.3, 0.4) is 0 Å². The first-order chi connectivity index (χ1) is 6.45. The van der Waals surface area contributed by atoms with Crippen LogP contribution < -0.4 is 5.73 Å². The van der Waals surface area contributed by atoms with E-state index in [2.05, 4.69) is 0 Å². The van der Waals surface area contributed by atoms with E-state index in [1.54, 1.807) is 0 Å². The molecule has 1 rings (SSSR count). The summed E-state index contributed by atoms with van der Waals surface area (Å²) < 4.78 is 25.9. The number of halogens is 2. The van der Waals surface area contributed by atoms with Gasteiger partial charge < -0.3 is 15.9 Å². The SMILES string of the molecule is CC(N)C(O)c1c(O)ccc(F)c1F. The van der Waals surface area contributed by atoms with E-state index in [0.29, 0.717) is 0 Å². The Hall–Kier alpha value is -1.20. The highest BCUT2D eigenvalue weighted by molar-refractivity contribution is 5.36. The molecule has 5 heteroatoms. The van der Waals surface area contributed by atoms with Gasteiger partial charge in [-0.25, -0.2) is 8.78 Å². The van der Waals surface area contributed by atoms with Crippen LogP contribution in [0.25, 0.3) is 0 Å². The topological polar surface area (TPSA) is 66.5 Å². The highest BCUT2D eigenvalue weighted by Crippen LogP contribution is 2.29. The summed E-state index contributed by atoms with van der Waals surface area (Å²) >= 11 is 0. The Balaban J connectivity index is 3.25. The molecule has 0 aliphatic heterocycles. The maximum absolute atomic E-state index is 13.1. The summed E-state index contributed by atoms with van der Waals surface area (Å²) in [5.74, 6) is -2.90. The van der Waals surface area contributed by atoms with Crippen molar-refractivity contribution in [3.05, 3.63) is 29.3 Å². The Morgan fingerprint density at radius 1 is 1.36 bits per heavy atom. The number of aliphatic hydroxyl groups excluding tert-OH is 1. The van der Waals surface area contributed by atoms with Gasteiger partial charge in [0.1, 0.15) is 11.9 Å². The van der Waals surface area contributed by atoms with Crippen molar-refractivity contribution in [1.29, 1.82) is 0 Å². The summed E-state index contributed by atoms with van der Waals surface area (Å²) in [6.45, 7) is 1.43. The van der Waals surface area contributed by atoms with Crippen LogP contribution in [0.2, 0.25) is 0 Å². The van der Waals surface area contributed by atoms with Crippen LogP contribution in [0.1, 0.15) is 18.6 Å². The summed E-state index contributed by atoms with van der Waals surface area (Å²) in [7, 11) is 0. The Morgan fingerprint density at radius 3 is 2.43 bits per heavy atom. The van der Waals surface area contributed by atoms with Gasteiger partial charge in [-0.1, -0.05) is 0 Å². The molecule has 0 heterocycles. The number of hydrogen-bond acceptors (Lipinski definition) is 3. The normalized spacial score (nSPS) is 15.2. The number of phenolic OH excluding ortho intramolecular Hbond substituents is 1. The fraction of sp³-hybridized carbons (Fsp3) is 0.333. The maximum atomic E-state index is 13.1. The molecule has 78 valence electrons. The molecule has 3 nitrogen and oxygen atoms in total. The van der Waals surface area contributed by atoms with E-state index < -0.39 is 35.1 Å². The van der Waals surface area contributed by atoms with Gasteiger partial charge >= 0.3 is 0 Å². The van der Waals surface area contributed by atoms with Gasteiger partial charge in [-0.15, -0.1) is 0 Å². The van der Waals surface area contributed by atoms with Gasteiger partial charge in [0.2, 0.25) is 0 Å². The third-order valence-corrected chi connectivity index (χ3v) is 1.90. The summed E-state index contributed by atoms with van der Waals surface area (Å²) in [5, 5.41) is 18.6. The summed E-state index contributed by atoms with van der Waals surface area (Å²) in [6.07, 6.45) is -1.43. The van der Waals surface area contributed by atoms with Crippen LogP contribution in [-0.2, 0) is 0 Å². The first-order valence-corrected chi connectivity index (χ1v) is 4.05. The van der Waals surface area contributed by atoms with Crippen LogP contribution in [-0.4, -0.2) is 16.3 Å². The van der Waals surface area contributed by atoms with Gasteiger partial charge in [0.25, 0.3) is 0 Å². The van der Waals surface area contributed by atoms with Crippen molar-refractivity contribution in [3.63, 3.8) is 0 Å². The van der Waals surface area contributed by atoms with E-state index in [-0.39, 0.29) is 0 Å². The number of phenols is 1. The second-order valence-corrected chi connectivity index (χ2v) is 3.10. The highest BCUT2D eigenvalue weighted by atomic mass is 19.2. The largest absolute Gasteiger partial charge is 0.507 e. The molecule has 0 aliphatic rings. The van der Waals surface area contributed by atoms with Crippen molar-refractivity contribution >= 4 is 0 Å². The van der Waals surface area contributed by atoms with Crippen LogP contribution in [0.4, 0.5) is 8.78 Å². The monoisotopic (exact) mass is 203 g/mol. The molecule has 0 radical (unpaired) electrons. The molecule has 0 saturated heterocycles. The van der Waals surface area contributed by atoms with Crippen LogP contribution in [0.15, 0.2) is 12.1 Å². The van der Waals surface area contributed by atoms with Gasteiger partial charge in [-0.3, -0.25) is 0 Å². The zero-order chi connectivity index (χ0) is 10.9. The summed E-state index contributed by atoms with van der Waals surface area (Å²) in [5.41, 5.74) is 4.81. The number of aliphatic hydroxyl groups is 1. The van der Waals surface area contributed by atoms with Gasteiger partial charge in [0, 0.05) is 6.04 Å². The minimum Gasteiger partial charge on any atom is -0.507 e. The van der Waals surface area contributed by atoms with Crippen molar-refractivity contribution in [3.8, 4) is 5.75 Å². The summed E-state index contributed by atoms with van der Waals surface area (Å²) in [6, 6.07) is 0.957. The average molecular weight is 203 g/mol. The molecule has 2 atom stereocenters. The Morgan fingerprint density at radius 2 is 1.93 bits per heavy atom. The smallest absolute Gasteiger partial charge is 0.168 e. The minimum absolute atomic E-state index is 0.500. The molecule has 4 N–H and O–H groups in total. The van der Waals surface area contributed by atoms with Crippen LogP contribution in [0, 0.1) is 11.6 Å². The number of rotatable bonds is 2. The number of benzene rings is 1. The second-order valence-electron chi connectivity index (χ2n) is 3.10. The average Bonchev–Trinajstić information content (AvgIpc) is 2.12. The molecular weight excluding hydrogens is 192 g/mol. The quantitative estimate of drug-likeness (QED) is 0.673. The zero-order valence-electron chi connectivity index (χ0n) is 7.54. The standard InChI is InChI=1S/C9H11F2NO2/c1-4(12)9(14)7-6(13)3-2-5(10)8(7)11/h2-4,9,13-14H,12H2,1H3. The Labute approximate surface area is 79.8 Å². The molecular formula is C9H11F2NO2. The zero-order valence-corrected chi connectivity index (χ0v) is 7.54. The fourth-order valence-corrected chi connectivity index (χ4v) is 1.10. The number of nitrogens with two attached hydrogens (primary N) is 1. The Bertz CT molecular complexity index is 342. The number of hydrogen-bond donors (Lipinski definition) is 3. The lowest BCUT2D eigenvalue weighted by Gasteiger charge is -2.16. The van der Waals surface area contributed by atoms with Gasteiger partial charge in [0.05, 0.1) is 5.56 Å². The van der Waals surface area contributed by atoms with E-state index in [9.17, 15) is 19.0 Å². The van der Waals surface area contributed by atoms with Gasteiger partial charge in [0.15, 0.2) is 11.6 Å². The van der Waals surface area contributed by atoms with E-state index in [1.807, 2.05) is 0 Å². The third kappa shape index (κ3) is 1.83. The molecule has 0 bridgehead atoms. The molecule has 0 spiro atoms. The van der Waals surface area contributed by atoms with E-state index in [4.69, 9.17) is 5.73 Å². The first-order valence-electron chi connectivity index (χ1n) is 4.05. The fourth-order valence-electron chi connectivity index (χ4n) is 1.10. The van der Waals surface area contributed by atoms with Gasteiger partial charge in [-0.2, -0.15) is 0 Å². The van der Waals surface area contributed by atoms with Gasteiger partial charge in [-0.05, 0) is 19.1 Å². The van der Waals surface area contributed by atoms with Crippen LogP contribution >= 0.6 is 0 Å². The van der Waals surface area contributed by atoms with Crippen molar-refractivity contribution in [2.45, 2.75) is 19.1 Å². The highest BCUT2D eigenvalue weighted by Gasteiger charge is 2.23. The van der Waals surface area contributed by atoms with E-state index in [0.717, 1.165) is 12.1 Å². The lowest BCUT2D eigenvalue weighted by atomic mass is 10.0. The predicted octanol–water partition coefficient (Wildman–Crippen LogP) is 1.05. The van der Waals surface area contributed by atoms with E-state index >= 15 is 0 Å². The van der Waals surface area contributed by atoms with Crippen molar-refractivity contribution in [2.75, 3.05) is 0 Å². The molecule has 0 fully saturated rings. The molecule has 0 saturated carbocycles.